The monoisotopic (exact) mass is 257 g/mol. The molecule has 0 atom stereocenters. The lowest BCUT2D eigenvalue weighted by Crippen LogP contribution is -2.40. The van der Waals surface area contributed by atoms with Gasteiger partial charge in [-0.2, -0.15) is 11.8 Å². The molecule has 1 aliphatic carbocycles. The molecule has 1 fully saturated rings. The van der Waals surface area contributed by atoms with Gasteiger partial charge in [0.15, 0.2) is 0 Å². The summed E-state index contributed by atoms with van der Waals surface area (Å²) in [6.07, 6.45) is 7.61. The topological polar surface area (TPSA) is 37.8 Å². The molecule has 0 aromatic carbocycles. The number of hydrogen-bond acceptors (Lipinski definition) is 4. The average Bonchev–Trinajstić information content (AvgIpc) is 2.23. The second-order valence-electron chi connectivity index (χ2n) is 4.23. The minimum absolute atomic E-state index is 0.407. The van der Waals surface area contributed by atoms with Gasteiger partial charge in [-0.1, -0.05) is 18.0 Å². The molecule has 16 heavy (non-hydrogen) atoms. The number of nitrogens with zero attached hydrogens (tertiary/aromatic N) is 2. The average molecular weight is 258 g/mol. The second kappa shape index (κ2) is 4.80. The molecule has 1 N–H and O–H groups in total. The summed E-state index contributed by atoms with van der Waals surface area (Å²) in [6, 6.07) is 0. The van der Waals surface area contributed by atoms with Crippen LogP contribution >= 0.6 is 23.4 Å². The van der Waals surface area contributed by atoms with Crippen molar-refractivity contribution in [3.63, 3.8) is 0 Å². The molecular weight excluding hydrogens is 242 g/mol. The Bertz CT molecular complexity index is 374. The van der Waals surface area contributed by atoms with Gasteiger partial charge in [-0.3, -0.25) is 0 Å². The van der Waals surface area contributed by atoms with Crippen molar-refractivity contribution in [1.82, 2.24) is 9.97 Å². The van der Waals surface area contributed by atoms with Crippen molar-refractivity contribution >= 4 is 29.2 Å². The molecule has 0 aliphatic heterocycles. The SMILES string of the molecule is CSC1(CNc2ncnc(Cl)c2C)CCC1. The van der Waals surface area contributed by atoms with Gasteiger partial charge >= 0.3 is 0 Å². The van der Waals surface area contributed by atoms with Crippen molar-refractivity contribution < 1.29 is 0 Å². The Morgan fingerprint density at radius 1 is 1.50 bits per heavy atom. The van der Waals surface area contributed by atoms with Gasteiger partial charge in [-0.05, 0) is 26.0 Å². The van der Waals surface area contributed by atoms with E-state index < -0.39 is 0 Å². The van der Waals surface area contributed by atoms with Gasteiger partial charge in [-0.15, -0.1) is 0 Å². The first kappa shape index (κ1) is 12.0. The summed E-state index contributed by atoms with van der Waals surface area (Å²) in [5, 5.41) is 3.92. The van der Waals surface area contributed by atoms with Crippen molar-refractivity contribution in [2.24, 2.45) is 0 Å². The number of rotatable bonds is 4. The van der Waals surface area contributed by atoms with Crippen LogP contribution in [0.3, 0.4) is 0 Å². The van der Waals surface area contributed by atoms with Crippen LogP contribution in [0.2, 0.25) is 5.15 Å². The summed E-state index contributed by atoms with van der Waals surface area (Å²) in [5.41, 5.74) is 0.930. The molecule has 5 heteroatoms. The van der Waals surface area contributed by atoms with Crippen LogP contribution in [0.5, 0.6) is 0 Å². The number of hydrogen-bond donors (Lipinski definition) is 1. The second-order valence-corrected chi connectivity index (χ2v) is 5.86. The van der Waals surface area contributed by atoms with Crippen LogP contribution < -0.4 is 5.32 Å². The van der Waals surface area contributed by atoms with Crippen LogP contribution in [-0.2, 0) is 0 Å². The number of anilines is 1. The highest BCUT2D eigenvalue weighted by Gasteiger charge is 2.35. The molecule has 0 radical (unpaired) electrons. The van der Waals surface area contributed by atoms with Crippen LogP contribution in [0.1, 0.15) is 24.8 Å². The number of halogens is 1. The zero-order chi connectivity index (χ0) is 11.6. The summed E-state index contributed by atoms with van der Waals surface area (Å²) in [7, 11) is 0. The fourth-order valence-electron chi connectivity index (χ4n) is 1.88. The Kier molecular flexibility index (Phi) is 3.60. The van der Waals surface area contributed by atoms with Crippen LogP contribution in [0, 0.1) is 6.92 Å². The predicted molar refractivity (Wildman–Crippen MR) is 70.4 cm³/mol. The quantitative estimate of drug-likeness (QED) is 0.841. The first-order valence-corrected chi connectivity index (χ1v) is 7.03. The largest absolute Gasteiger partial charge is 0.368 e. The maximum Gasteiger partial charge on any atom is 0.137 e. The summed E-state index contributed by atoms with van der Waals surface area (Å²) in [6.45, 7) is 2.90. The summed E-state index contributed by atoms with van der Waals surface area (Å²) in [5.74, 6) is 0.861. The van der Waals surface area contributed by atoms with E-state index in [0.717, 1.165) is 17.9 Å². The normalized spacial score (nSPS) is 17.9. The molecule has 1 heterocycles. The van der Waals surface area contributed by atoms with Crippen LogP contribution in [-0.4, -0.2) is 27.5 Å². The van der Waals surface area contributed by atoms with E-state index in [1.54, 1.807) is 0 Å². The highest BCUT2D eigenvalue weighted by molar-refractivity contribution is 8.00. The van der Waals surface area contributed by atoms with Gasteiger partial charge in [0.2, 0.25) is 0 Å². The van der Waals surface area contributed by atoms with E-state index >= 15 is 0 Å². The third-order valence-electron chi connectivity index (χ3n) is 3.30. The molecule has 0 amide bonds. The first-order chi connectivity index (χ1) is 7.67. The lowest BCUT2D eigenvalue weighted by Gasteiger charge is -2.40. The van der Waals surface area contributed by atoms with Crippen molar-refractivity contribution in [1.29, 1.82) is 0 Å². The Morgan fingerprint density at radius 3 is 2.81 bits per heavy atom. The smallest absolute Gasteiger partial charge is 0.137 e. The zero-order valence-corrected chi connectivity index (χ0v) is 11.2. The molecule has 0 unspecified atom stereocenters. The van der Waals surface area contributed by atoms with E-state index in [9.17, 15) is 0 Å². The summed E-state index contributed by atoms with van der Waals surface area (Å²) >= 11 is 7.90. The highest BCUT2D eigenvalue weighted by atomic mass is 35.5. The van der Waals surface area contributed by atoms with Gasteiger partial charge < -0.3 is 5.32 Å². The van der Waals surface area contributed by atoms with E-state index in [2.05, 4.69) is 21.5 Å². The molecule has 1 aromatic heterocycles. The van der Waals surface area contributed by atoms with Crippen molar-refractivity contribution in [2.45, 2.75) is 30.9 Å². The van der Waals surface area contributed by atoms with E-state index in [4.69, 9.17) is 11.6 Å². The maximum atomic E-state index is 5.95. The molecular formula is C11H16ClN3S. The lowest BCUT2D eigenvalue weighted by atomic mass is 9.84. The molecule has 0 bridgehead atoms. The predicted octanol–water partition coefficient (Wildman–Crippen LogP) is 3.14. The maximum absolute atomic E-state index is 5.95. The van der Waals surface area contributed by atoms with Gasteiger partial charge in [0.1, 0.15) is 17.3 Å². The molecule has 3 nitrogen and oxygen atoms in total. The van der Waals surface area contributed by atoms with E-state index in [0.29, 0.717) is 9.90 Å². The Morgan fingerprint density at radius 2 is 2.25 bits per heavy atom. The van der Waals surface area contributed by atoms with Gasteiger partial charge in [0.05, 0.1) is 0 Å². The lowest BCUT2D eigenvalue weighted by molar-refractivity contribution is 0.379. The molecule has 1 saturated carbocycles. The van der Waals surface area contributed by atoms with E-state index in [1.165, 1.54) is 25.6 Å². The Labute approximate surface area is 105 Å². The minimum Gasteiger partial charge on any atom is -0.368 e. The first-order valence-electron chi connectivity index (χ1n) is 5.43. The fraction of sp³-hybridized carbons (Fsp3) is 0.636. The van der Waals surface area contributed by atoms with Gasteiger partial charge in [0.25, 0.3) is 0 Å². The standard InChI is InChI=1S/C11H16ClN3S/c1-8-9(12)14-7-15-10(8)13-6-11(16-2)4-3-5-11/h7H,3-6H2,1-2H3,(H,13,14,15). The molecule has 0 saturated heterocycles. The molecule has 0 spiro atoms. The number of aromatic nitrogens is 2. The third kappa shape index (κ3) is 2.28. The van der Waals surface area contributed by atoms with Crippen LogP contribution in [0.15, 0.2) is 6.33 Å². The van der Waals surface area contributed by atoms with Crippen molar-refractivity contribution in [3.8, 4) is 0 Å². The fourth-order valence-corrected chi connectivity index (χ4v) is 2.92. The van der Waals surface area contributed by atoms with Crippen molar-refractivity contribution in [2.75, 3.05) is 18.1 Å². The van der Waals surface area contributed by atoms with Gasteiger partial charge in [0, 0.05) is 16.9 Å². The molecule has 1 aromatic rings. The van der Waals surface area contributed by atoms with E-state index in [-0.39, 0.29) is 0 Å². The van der Waals surface area contributed by atoms with Gasteiger partial charge in [-0.25, -0.2) is 9.97 Å². The molecule has 88 valence electrons. The van der Waals surface area contributed by atoms with Crippen LogP contribution in [0.25, 0.3) is 0 Å². The summed E-state index contributed by atoms with van der Waals surface area (Å²) < 4.78 is 0.407. The Hall–Kier alpha value is -0.480. The highest BCUT2D eigenvalue weighted by Crippen LogP contribution is 2.42. The number of nitrogens with one attached hydrogen (secondary N) is 1. The van der Waals surface area contributed by atoms with Crippen molar-refractivity contribution in [3.05, 3.63) is 17.0 Å². The summed E-state index contributed by atoms with van der Waals surface area (Å²) in [4.78, 5) is 8.17. The number of thioether (sulfide) groups is 1. The van der Waals surface area contributed by atoms with E-state index in [1.807, 2.05) is 18.7 Å². The Balaban J connectivity index is 2.02. The minimum atomic E-state index is 0.407. The zero-order valence-electron chi connectivity index (χ0n) is 9.59. The molecule has 2 rings (SSSR count). The third-order valence-corrected chi connectivity index (χ3v) is 5.10. The molecule has 1 aliphatic rings. The van der Waals surface area contributed by atoms with Crippen LogP contribution in [0.4, 0.5) is 5.82 Å².